The summed E-state index contributed by atoms with van der Waals surface area (Å²) in [5, 5.41) is 0. The Kier molecular flexibility index (Phi) is 2.89. The fourth-order valence-corrected chi connectivity index (χ4v) is 2.48. The Morgan fingerprint density at radius 3 is 2.60 bits per heavy atom. The van der Waals surface area contributed by atoms with Crippen LogP contribution in [-0.4, -0.2) is 22.8 Å². The zero-order chi connectivity index (χ0) is 14.1. The van der Waals surface area contributed by atoms with Crippen molar-refractivity contribution in [2.75, 3.05) is 4.90 Å². The van der Waals surface area contributed by atoms with Gasteiger partial charge in [-0.25, -0.2) is 4.39 Å². The minimum atomic E-state index is -0.765. The number of carbonyl (C=O) groups is 1. The molecule has 0 amide bonds. The number of hydrogen-bond acceptors (Lipinski definition) is 2. The SMILES string of the molecule is [N-]=[N+]=C1c2ccc(F)cc2N(c2ccccc2)C1C=O. The van der Waals surface area contributed by atoms with Crippen molar-refractivity contribution in [1.82, 2.24) is 0 Å². The lowest BCUT2D eigenvalue weighted by molar-refractivity contribution is -0.108. The fraction of sp³-hybridized carbons (Fsp3) is 0.0667. The van der Waals surface area contributed by atoms with Gasteiger partial charge in [-0.1, -0.05) is 18.2 Å². The van der Waals surface area contributed by atoms with Gasteiger partial charge in [0.1, 0.15) is 5.82 Å². The van der Waals surface area contributed by atoms with Crippen molar-refractivity contribution >= 4 is 23.4 Å². The molecule has 20 heavy (non-hydrogen) atoms. The van der Waals surface area contributed by atoms with Gasteiger partial charge in [0.2, 0.25) is 0 Å². The van der Waals surface area contributed by atoms with Crippen LogP contribution in [0.15, 0.2) is 48.5 Å². The minimum Gasteiger partial charge on any atom is -0.361 e. The van der Waals surface area contributed by atoms with Gasteiger partial charge in [0.25, 0.3) is 0 Å². The molecule has 0 fully saturated rings. The molecular weight excluding hydrogens is 257 g/mol. The lowest BCUT2D eigenvalue weighted by atomic mass is 10.1. The van der Waals surface area contributed by atoms with Crippen LogP contribution in [0.1, 0.15) is 5.56 Å². The molecule has 0 aromatic heterocycles. The highest BCUT2D eigenvalue weighted by atomic mass is 19.1. The standard InChI is InChI=1S/C15H10FN3O/c16-10-6-7-12-13(8-10)19(11-4-2-1-3-5-11)14(9-20)15(12)18-17/h1-9,14H. The minimum absolute atomic E-state index is 0.221. The number of anilines is 2. The Bertz CT molecular complexity index is 723. The Morgan fingerprint density at radius 2 is 1.95 bits per heavy atom. The van der Waals surface area contributed by atoms with Crippen molar-refractivity contribution in [3.8, 4) is 0 Å². The van der Waals surface area contributed by atoms with Crippen molar-refractivity contribution in [1.29, 1.82) is 0 Å². The van der Waals surface area contributed by atoms with Crippen LogP contribution in [0.5, 0.6) is 0 Å². The van der Waals surface area contributed by atoms with E-state index in [9.17, 15) is 9.18 Å². The van der Waals surface area contributed by atoms with E-state index in [4.69, 9.17) is 5.53 Å². The lowest BCUT2D eigenvalue weighted by Crippen LogP contribution is -2.33. The van der Waals surface area contributed by atoms with Gasteiger partial charge in [-0.05, 0) is 30.3 Å². The quantitative estimate of drug-likeness (QED) is 0.477. The second kappa shape index (κ2) is 4.72. The number of fused-ring (bicyclic) bond motifs is 1. The third kappa shape index (κ3) is 1.73. The van der Waals surface area contributed by atoms with Crippen LogP contribution in [0.3, 0.4) is 0 Å². The van der Waals surface area contributed by atoms with Crippen LogP contribution in [0.25, 0.3) is 5.53 Å². The van der Waals surface area contributed by atoms with E-state index in [1.54, 1.807) is 4.90 Å². The third-order valence-corrected chi connectivity index (χ3v) is 3.32. The summed E-state index contributed by atoms with van der Waals surface area (Å²) in [6.07, 6.45) is 0.681. The highest BCUT2D eigenvalue weighted by Gasteiger charge is 2.42. The largest absolute Gasteiger partial charge is 0.361 e. The summed E-state index contributed by atoms with van der Waals surface area (Å²) in [6.45, 7) is 0. The molecular formula is C15H10FN3O. The van der Waals surface area contributed by atoms with Crippen LogP contribution in [0.4, 0.5) is 15.8 Å². The van der Waals surface area contributed by atoms with Crippen molar-refractivity contribution < 1.29 is 14.0 Å². The maximum Gasteiger partial charge on any atom is 0.331 e. The first-order valence-corrected chi connectivity index (χ1v) is 6.07. The van der Waals surface area contributed by atoms with E-state index in [-0.39, 0.29) is 5.71 Å². The van der Waals surface area contributed by atoms with Gasteiger partial charge in [-0.15, -0.1) is 0 Å². The maximum absolute atomic E-state index is 13.5. The van der Waals surface area contributed by atoms with Gasteiger partial charge >= 0.3 is 5.71 Å². The average molecular weight is 267 g/mol. The molecule has 1 atom stereocenters. The zero-order valence-corrected chi connectivity index (χ0v) is 10.4. The summed E-state index contributed by atoms with van der Waals surface area (Å²) in [4.78, 5) is 16.2. The van der Waals surface area contributed by atoms with E-state index < -0.39 is 11.9 Å². The predicted molar refractivity (Wildman–Crippen MR) is 72.6 cm³/mol. The van der Waals surface area contributed by atoms with Gasteiger partial charge in [-0.3, -0.25) is 0 Å². The molecule has 0 saturated carbocycles. The Labute approximate surface area is 114 Å². The first-order valence-electron chi connectivity index (χ1n) is 6.07. The summed E-state index contributed by atoms with van der Waals surface area (Å²) in [5.41, 5.74) is 11.2. The van der Waals surface area contributed by atoms with Crippen LogP contribution in [0, 0.1) is 5.82 Å². The van der Waals surface area contributed by atoms with Crippen LogP contribution < -0.4 is 4.90 Å². The second-order valence-electron chi connectivity index (χ2n) is 4.43. The van der Waals surface area contributed by atoms with Gasteiger partial charge in [0.15, 0.2) is 12.3 Å². The molecule has 4 nitrogen and oxygen atoms in total. The highest BCUT2D eigenvalue weighted by Crippen LogP contribution is 2.37. The maximum atomic E-state index is 13.5. The van der Waals surface area contributed by atoms with Crippen LogP contribution >= 0.6 is 0 Å². The molecule has 0 bridgehead atoms. The van der Waals surface area contributed by atoms with E-state index in [0.29, 0.717) is 17.5 Å². The number of nitrogens with zero attached hydrogens (tertiary/aromatic N) is 3. The molecule has 98 valence electrons. The Balaban J connectivity index is 2.26. The molecule has 1 heterocycles. The number of carbonyl (C=O) groups excluding carboxylic acids is 1. The molecule has 0 aliphatic carbocycles. The van der Waals surface area contributed by atoms with Gasteiger partial charge in [0.05, 0.1) is 11.3 Å². The van der Waals surface area contributed by atoms with Crippen LogP contribution in [-0.2, 0) is 4.79 Å². The number of rotatable bonds is 2. The van der Waals surface area contributed by atoms with Crippen molar-refractivity contribution in [3.63, 3.8) is 0 Å². The first kappa shape index (κ1) is 12.3. The fourth-order valence-electron chi connectivity index (χ4n) is 2.48. The zero-order valence-electron chi connectivity index (χ0n) is 10.4. The summed E-state index contributed by atoms with van der Waals surface area (Å²) in [5.74, 6) is -0.409. The predicted octanol–water partition coefficient (Wildman–Crippen LogP) is 2.56. The van der Waals surface area contributed by atoms with Gasteiger partial charge in [0, 0.05) is 5.69 Å². The number of para-hydroxylation sites is 1. The molecule has 1 aliphatic heterocycles. The van der Waals surface area contributed by atoms with Crippen molar-refractivity contribution in [2.45, 2.75) is 6.04 Å². The Hall–Kier alpha value is -2.78. The number of halogens is 1. The first-order chi connectivity index (χ1) is 9.76. The monoisotopic (exact) mass is 267 g/mol. The number of hydrogen-bond donors (Lipinski definition) is 0. The van der Waals surface area contributed by atoms with Crippen molar-refractivity contribution in [3.05, 3.63) is 65.4 Å². The lowest BCUT2D eigenvalue weighted by Gasteiger charge is -2.21. The average Bonchev–Trinajstić information content (AvgIpc) is 2.80. The molecule has 3 rings (SSSR count). The molecule has 1 unspecified atom stereocenters. The number of benzene rings is 2. The Morgan fingerprint density at radius 1 is 1.20 bits per heavy atom. The second-order valence-corrected chi connectivity index (χ2v) is 4.43. The smallest absolute Gasteiger partial charge is 0.331 e. The topological polar surface area (TPSA) is 56.7 Å². The summed E-state index contributed by atoms with van der Waals surface area (Å²) in [7, 11) is 0. The molecule has 5 heteroatoms. The van der Waals surface area contributed by atoms with E-state index >= 15 is 0 Å². The molecule has 2 aromatic rings. The molecule has 0 radical (unpaired) electrons. The normalized spacial score (nSPS) is 16.8. The summed E-state index contributed by atoms with van der Waals surface area (Å²) >= 11 is 0. The highest BCUT2D eigenvalue weighted by molar-refractivity contribution is 6.19. The van der Waals surface area contributed by atoms with Crippen molar-refractivity contribution in [2.24, 2.45) is 0 Å². The van der Waals surface area contributed by atoms with Gasteiger partial charge in [-0.2, -0.15) is 4.79 Å². The summed E-state index contributed by atoms with van der Waals surface area (Å²) in [6, 6.07) is 12.5. The van der Waals surface area contributed by atoms with E-state index in [0.717, 1.165) is 5.69 Å². The number of aldehydes is 1. The van der Waals surface area contributed by atoms with Gasteiger partial charge < -0.3 is 15.2 Å². The summed E-state index contributed by atoms with van der Waals surface area (Å²) < 4.78 is 13.5. The third-order valence-electron chi connectivity index (χ3n) is 3.32. The van der Waals surface area contributed by atoms with Crippen LogP contribution in [0.2, 0.25) is 0 Å². The molecule has 0 spiro atoms. The molecule has 0 saturated heterocycles. The van der Waals surface area contributed by atoms with E-state index in [1.807, 2.05) is 30.3 Å². The van der Waals surface area contributed by atoms with E-state index in [2.05, 4.69) is 4.79 Å². The molecule has 0 N–H and O–H groups in total. The molecule has 1 aliphatic rings. The van der Waals surface area contributed by atoms with E-state index in [1.165, 1.54) is 18.2 Å². The molecule has 2 aromatic carbocycles.